The highest BCUT2D eigenvalue weighted by molar-refractivity contribution is 6.56. The molecule has 0 unspecified atom stereocenters. The Kier molecular flexibility index (Phi) is 6.63. The molecule has 28 heavy (non-hydrogen) atoms. The van der Waals surface area contributed by atoms with Gasteiger partial charge in [-0.1, -0.05) is 29.4 Å². The van der Waals surface area contributed by atoms with Crippen molar-refractivity contribution >= 4 is 36.9 Å². The van der Waals surface area contributed by atoms with Crippen LogP contribution in [-0.2, 0) is 18.9 Å². The van der Waals surface area contributed by atoms with Gasteiger partial charge in [0.2, 0.25) is 5.91 Å². The minimum absolute atomic E-state index is 0.178. The first-order valence-electron chi connectivity index (χ1n) is 8.94. The van der Waals surface area contributed by atoms with Gasteiger partial charge in [-0.25, -0.2) is 0 Å². The number of carbonyl (C=O) groups excluding carboxylic acids is 2. The molecular formula is C19H26BN3O5. The first kappa shape index (κ1) is 21.7. The van der Waals surface area contributed by atoms with Crippen LogP contribution in [0, 0.1) is 0 Å². The van der Waals surface area contributed by atoms with Gasteiger partial charge >= 0.3 is 7.12 Å². The van der Waals surface area contributed by atoms with Gasteiger partial charge in [-0.15, -0.1) is 0 Å². The lowest BCUT2D eigenvalue weighted by Gasteiger charge is -2.32. The maximum Gasteiger partial charge on any atom is 0.492 e. The fraction of sp³-hybridized carbons (Fsp3) is 0.421. The van der Waals surface area contributed by atoms with E-state index in [1.165, 1.54) is 6.92 Å². The molecule has 150 valence electrons. The Morgan fingerprint density at radius 1 is 1.18 bits per heavy atom. The molecule has 1 fully saturated rings. The lowest BCUT2D eigenvalue weighted by Crippen LogP contribution is -2.41. The van der Waals surface area contributed by atoms with Crippen molar-refractivity contribution in [2.75, 3.05) is 11.9 Å². The molecular weight excluding hydrogens is 361 g/mol. The molecule has 1 saturated heterocycles. The summed E-state index contributed by atoms with van der Waals surface area (Å²) in [5, 5.41) is 16.7. The van der Waals surface area contributed by atoms with Crippen molar-refractivity contribution in [1.82, 2.24) is 5.32 Å². The van der Waals surface area contributed by atoms with Gasteiger partial charge in [-0.2, -0.15) is 0 Å². The molecule has 8 nitrogen and oxygen atoms in total. The Balaban J connectivity index is 2.38. The monoisotopic (exact) mass is 387 g/mol. The number of amides is 2. The van der Waals surface area contributed by atoms with Crippen molar-refractivity contribution in [3.05, 3.63) is 35.3 Å². The minimum Gasteiger partial charge on any atom is -0.411 e. The first-order valence-corrected chi connectivity index (χ1v) is 8.94. The average molecular weight is 387 g/mol. The number of carbonyl (C=O) groups is 2. The van der Waals surface area contributed by atoms with Crippen LogP contribution in [0.5, 0.6) is 0 Å². The molecule has 2 amide bonds. The summed E-state index contributed by atoms with van der Waals surface area (Å²) >= 11 is 0. The van der Waals surface area contributed by atoms with Crippen molar-refractivity contribution in [1.29, 1.82) is 0 Å². The third-order valence-electron chi connectivity index (χ3n) is 4.83. The van der Waals surface area contributed by atoms with Crippen molar-refractivity contribution in [3.63, 3.8) is 0 Å². The number of hydrogen-bond donors (Lipinski definition) is 3. The zero-order valence-electron chi connectivity index (χ0n) is 16.8. The zero-order valence-corrected chi connectivity index (χ0v) is 16.8. The van der Waals surface area contributed by atoms with Gasteiger partial charge in [0.1, 0.15) is 6.21 Å². The maximum absolute atomic E-state index is 11.7. The van der Waals surface area contributed by atoms with Crippen molar-refractivity contribution in [2.45, 2.75) is 45.8 Å². The molecule has 2 rings (SSSR count). The number of para-hydroxylation sites is 1. The van der Waals surface area contributed by atoms with E-state index < -0.39 is 24.2 Å². The second kappa shape index (κ2) is 8.58. The smallest absolute Gasteiger partial charge is 0.411 e. The van der Waals surface area contributed by atoms with Crippen molar-refractivity contribution in [3.8, 4) is 0 Å². The zero-order chi connectivity index (χ0) is 20.9. The summed E-state index contributed by atoms with van der Waals surface area (Å²) in [5.41, 5.74) is 0.851. The van der Waals surface area contributed by atoms with Gasteiger partial charge in [0.05, 0.1) is 11.2 Å². The topological polar surface area (TPSA) is 109 Å². The standard InChI is InChI=1S/C19H26BN3O5/c1-13(24)21-11-15(20-27-18(2,3)19(4,5)28-20)10-14-8-6-7-9-16(14)23-17(25)12-22-26/h6-10,12,26H,11H2,1-5H3,(H,21,24)(H,23,25). The molecule has 0 radical (unpaired) electrons. The van der Waals surface area contributed by atoms with Crippen LogP contribution >= 0.6 is 0 Å². The molecule has 0 atom stereocenters. The van der Waals surface area contributed by atoms with Crippen LogP contribution in [-0.4, -0.2) is 48.1 Å². The minimum atomic E-state index is -0.653. The van der Waals surface area contributed by atoms with Gasteiger partial charge in [-0.05, 0) is 44.8 Å². The SMILES string of the molecule is CC(=O)NCC(=Cc1ccccc1NC(=O)C=NO)B1OC(C)(C)C(C)(C)O1. The molecule has 9 heteroatoms. The van der Waals surface area contributed by atoms with E-state index in [4.69, 9.17) is 14.5 Å². The Morgan fingerprint density at radius 3 is 2.36 bits per heavy atom. The molecule has 1 heterocycles. The Morgan fingerprint density at radius 2 is 1.79 bits per heavy atom. The van der Waals surface area contributed by atoms with Crippen LogP contribution in [0.25, 0.3) is 6.08 Å². The molecule has 1 aliphatic heterocycles. The van der Waals surface area contributed by atoms with E-state index in [0.717, 1.165) is 6.21 Å². The summed E-state index contributed by atoms with van der Waals surface area (Å²) in [6.45, 7) is 9.46. The molecule has 1 aromatic rings. The number of nitrogens with zero attached hydrogens (tertiary/aromatic N) is 1. The van der Waals surface area contributed by atoms with E-state index in [2.05, 4.69) is 15.8 Å². The van der Waals surface area contributed by atoms with Crippen LogP contribution in [0.4, 0.5) is 5.69 Å². The normalized spacial score (nSPS) is 18.3. The summed E-state index contributed by atoms with van der Waals surface area (Å²) in [6.07, 6.45) is 2.58. The quantitative estimate of drug-likeness (QED) is 0.300. The van der Waals surface area contributed by atoms with E-state index in [1.807, 2.05) is 45.9 Å². The molecule has 0 saturated carbocycles. The van der Waals surface area contributed by atoms with E-state index >= 15 is 0 Å². The van der Waals surface area contributed by atoms with Crippen LogP contribution in [0.3, 0.4) is 0 Å². The van der Waals surface area contributed by atoms with Gasteiger partial charge in [0.25, 0.3) is 5.91 Å². The Labute approximate surface area is 165 Å². The van der Waals surface area contributed by atoms with Gasteiger partial charge in [0, 0.05) is 19.2 Å². The molecule has 0 spiro atoms. The molecule has 0 aromatic heterocycles. The van der Waals surface area contributed by atoms with Crippen LogP contribution in [0.15, 0.2) is 34.9 Å². The first-order chi connectivity index (χ1) is 13.1. The van der Waals surface area contributed by atoms with Crippen LogP contribution in [0.2, 0.25) is 0 Å². The van der Waals surface area contributed by atoms with Crippen LogP contribution in [0.1, 0.15) is 40.2 Å². The highest BCUT2D eigenvalue weighted by Crippen LogP contribution is 2.39. The summed E-state index contributed by atoms with van der Waals surface area (Å²) in [6, 6.07) is 7.12. The maximum atomic E-state index is 11.7. The Bertz CT molecular complexity index is 789. The summed E-state index contributed by atoms with van der Waals surface area (Å²) in [4.78, 5) is 23.2. The lowest BCUT2D eigenvalue weighted by molar-refractivity contribution is -0.118. The largest absolute Gasteiger partial charge is 0.492 e. The summed E-state index contributed by atoms with van der Waals surface area (Å²) in [7, 11) is -0.653. The number of nitrogens with one attached hydrogen (secondary N) is 2. The highest BCUT2D eigenvalue weighted by atomic mass is 16.7. The number of benzene rings is 1. The van der Waals surface area contributed by atoms with Gasteiger partial charge in [0.15, 0.2) is 0 Å². The van der Waals surface area contributed by atoms with E-state index in [9.17, 15) is 9.59 Å². The van der Waals surface area contributed by atoms with E-state index in [-0.39, 0.29) is 12.5 Å². The van der Waals surface area contributed by atoms with Gasteiger partial charge in [-0.3, -0.25) is 9.59 Å². The predicted octanol–water partition coefficient (Wildman–Crippen LogP) is 2.24. The summed E-state index contributed by atoms with van der Waals surface area (Å²) in [5.74, 6) is -0.745. The molecule has 1 aliphatic rings. The van der Waals surface area contributed by atoms with Gasteiger partial charge < -0.3 is 25.1 Å². The fourth-order valence-electron chi connectivity index (χ4n) is 2.58. The second-order valence-electron chi connectivity index (χ2n) is 7.54. The third-order valence-corrected chi connectivity index (χ3v) is 4.83. The number of anilines is 1. The number of oxime groups is 1. The van der Waals surface area contributed by atoms with E-state index in [0.29, 0.717) is 16.7 Å². The third kappa shape index (κ3) is 5.20. The van der Waals surface area contributed by atoms with E-state index in [1.54, 1.807) is 12.1 Å². The fourth-order valence-corrected chi connectivity index (χ4v) is 2.58. The highest BCUT2D eigenvalue weighted by Gasteiger charge is 2.52. The lowest BCUT2D eigenvalue weighted by atomic mass is 9.76. The Hall–Kier alpha value is -2.65. The molecule has 1 aromatic carbocycles. The summed E-state index contributed by atoms with van der Waals surface area (Å²) < 4.78 is 12.2. The molecule has 3 N–H and O–H groups in total. The predicted molar refractivity (Wildman–Crippen MR) is 108 cm³/mol. The van der Waals surface area contributed by atoms with Crippen LogP contribution < -0.4 is 10.6 Å². The molecule has 0 bridgehead atoms. The molecule has 0 aliphatic carbocycles. The van der Waals surface area contributed by atoms with Crippen molar-refractivity contribution in [2.24, 2.45) is 5.16 Å². The second-order valence-corrected chi connectivity index (χ2v) is 7.54. The number of rotatable bonds is 6. The average Bonchev–Trinajstić information content (AvgIpc) is 2.80. The van der Waals surface area contributed by atoms with Crippen molar-refractivity contribution < 1.29 is 24.1 Å². The number of hydrogen-bond acceptors (Lipinski definition) is 6.